The number of rotatable bonds is 5. The monoisotopic (exact) mass is 418 g/mol. The van der Waals surface area contributed by atoms with Crippen LogP contribution in [0.2, 0.25) is 5.02 Å². The molecule has 30 heavy (non-hydrogen) atoms. The normalized spacial score (nSPS) is 14.4. The van der Waals surface area contributed by atoms with Gasteiger partial charge in [0.25, 0.3) is 0 Å². The fourth-order valence-electron chi connectivity index (χ4n) is 4.27. The van der Waals surface area contributed by atoms with Crippen molar-refractivity contribution in [3.05, 3.63) is 82.9 Å². The molecule has 0 saturated carbocycles. The summed E-state index contributed by atoms with van der Waals surface area (Å²) in [6, 6.07) is 20.4. The van der Waals surface area contributed by atoms with Gasteiger partial charge in [0.05, 0.1) is 12.6 Å². The van der Waals surface area contributed by atoms with E-state index in [9.17, 15) is 0 Å². The van der Waals surface area contributed by atoms with Crippen molar-refractivity contribution in [2.24, 2.45) is 0 Å². The highest BCUT2D eigenvalue weighted by atomic mass is 35.5. The number of hydrogen-bond donors (Lipinski definition) is 2. The third-order valence-electron chi connectivity index (χ3n) is 5.44. The molecule has 3 aromatic carbocycles. The molecule has 1 heterocycles. The molecule has 0 saturated heterocycles. The van der Waals surface area contributed by atoms with Gasteiger partial charge in [-0.2, -0.15) is 0 Å². The van der Waals surface area contributed by atoms with E-state index in [-0.39, 0.29) is 5.54 Å². The highest BCUT2D eigenvalue weighted by molar-refractivity contribution is 6.31. The molecule has 1 aliphatic rings. The zero-order valence-corrected chi connectivity index (χ0v) is 18.6. The second-order valence-corrected chi connectivity index (χ2v) is 8.69. The molecule has 3 aromatic rings. The summed E-state index contributed by atoms with van der Waals surface area (Å²) in [6.07, 6.45) is 2.29. The number of fused-ring (bicyclic) bond motifs is 1. The van der Waals surface area contributed by atoms with E-state index in [0.29, 0.717) is 11.6 Å². The molecule has 0 bridgehead atoms. The maximum atomic E-state index is 6.36. The number of halogens is 1. The first-order valence-corrected chi connectivity index (χ1v) is 10.5. The molecule has 0 radical (unpaired) electrons. The lowest BCUT2D eigenvalue weighted by Gasteiger charge is -2.33. The molecule has 154 valence electrons. The number of benzene rings is 3. The van der Waals surface area contributed by atoms with Gasteiger partial charge in [-0.25, -0.2) is 0 Å². The van der Waals surface area contributed by atoms with E-state index in [1.54, 1.807) is 7.11 Å². The molecule has 0 fully saturated rings. The minimum atomic E-state index is -0.0868. The van der Waals surface area contributed by atoms with Crippen LogP contribution < -0.4 is 15.4 Å². The van der Waals surface area contributed by atoms with Crippen LogP contribution >= 0.6 is 11.6 Å². The van der Waals surface area contributed by atoms with Gasteiger partial charge >= 0.3 is 0 Å². The largest absolute Gasteiger partial charge is 0.496 e. The molecule has 0 amide bonds. The minimum absolute atomic E-state index is 0.0868. The van der Waals surface area contributed by atoms with Gasteiger partial charge in [-0.05, 0) is 73.9 Å². The SMILES string of the molecule is COc1ccc(Cl)cc1-c1ccc2c(c1CNc1ccccc1)C(C)=CC(C)(C)N2. The van der Waals surface area contributed by atoms with Gasteiger partial charge in [-0.15, -0.1) is 0 Å². The summed E-state index contributed by atoms with van der Waals surface area (Å²) in [5.74, 6) is 0.811. The van der Waals surface area contributed by atoms with E-state index in [1.807, 2.05) is 36.4 Å². The van der Waals surface area contributed by atoms with Crippen LogP contribution in [0.5, 0.6) is 5.75 Å². The Hall–Kier alpha value is -2.91. The van der Waals surface area contributed by atoms with Gasteiger partial charge in [0.15, 0.2) is 0 Å². The highest BCUT2D eigenvalue weighted by Crippen LogP contribution is 2.43. The Morgan fingerprint density at radius 3 is 2.50 bits per heavy atom. The molecule has 0 spiro atoms. The van der Waals surface area contributed by atoms with Crippen LogP contribution in [0.15, 0.2) is 66.7 Å². The minimum Gasteiger partial charge on any atom is -0.496 e. The summed E-state index contributed by atoms with van der Waals surface area (Å²) >= 11 is 6.36. The first-order valence-electron chi connectivity index (χ1n) is 10.1. The Labute approximate surface area is 183 Å². The summed E-state index contributed by atoms with van der Waals surface area (Å²) in [4.78, 5) is 0. The number of para-hydroxylation sites is 1. The topological polar surface area (TPSA) is 33.3 Å². The van der Waals surface area contributed by atoms with Crippen molar-refractivity contribution in [1.82, 2.24) is 0 Å². The third-order valence-corrected chi connectivity index (χ3v) is 5.67. The van der Waals surface area contributed by atoms with Crippen molar-refractivity contribution < 1.29 is 4.74 Å². The first kappa shape index (κ1) is 20.4. The van der Waals surface area contributed by atoms with Gasteiger partial charge < -0.3 is 15.4 Å². The molecule has 0 atom stereocenters. The van der Waals surface area contributed by atoms with Gasteiger partial charge in [0.1, 0.15) is 5.75 Å². The molecular formula is C26H27ClN2O. The maximum absolute atomic E-state index is 6.36. The average Bonchev–Trinajstić information content (AvgIpc) is 2.71. The molecule has 3 nitrogen and oxygen atoms in total. The van der Waals surface area contributed by atoms with Crippen molar-refractivity contribution in [2.45, 2.75) is 32.9 Å². The lowest BCUT2D eigenvalue weighted by molar-refractivity contribution is 0.416. The molecule has 0 aromatic heterocycles. The van der Waals surface area contributed by atoms with Crippen LogP contribution in [0.4, 0.5) is 11.4 Å². The van der Waals surface area contributed by atoms with Gasteiger partial charge in [-0.3, -0.25) is 0 Å². The third kappa shape index (κ3) is 4.03. The van der Waals surface area contributed by atoms with Crippen molar-refractivity contribution in [3.8, 4) is 16.9 Å². The second-order valence-electron chi connectivity index (χ2n) is 8.25. The molecule has 0 unspecified atom stereocenters. The van der Waals surface area contributed by atoms with Crippen LogP contribution in [0, 0.1) is 0 Å². The second kappa shape index (κ2) is 8.08. The van der Waals surface area contributed by atoms with Gasteiger partial charge in [-0.1, -0.05) is 41.9 Å². The summed E-state index contributed by atoms with van der Waals surface area (Å²) in [7, 11) is 1.70. The van der Waals surface area contributed by atoms with Crippen molar-refractivity contribution in [1.29, 1.82) is 0 Å². The summed E-state index contributed by atoms with van der Waals surface area (Å²) in [6.45, 7) is 7.25. The zero-order valence-electron chi connectivity index (χ0n) is 17.8. The first-order chi connectivity index (χ1) is 14.4. The molecule has 4 heteroatoms. The molecule has 2 N–H and O–H groups in total. The number of allylic oxidation sites excluding steroid dienone is 1. The Bertz CT molecular complexity index is 1100. The quantitative estimate of drug-likeness (QED) is 0.458. The summed E-state index contributed by atoms with van der Waals surface area (Å²) < 4.78 is 5.67. The van der Waals surface area contributed by atoms with Gasteiger partial charge in [0.2, 0.25) is 0 Å². The maximum Gasteiger partial charge on any atom is 0.126 e. The van der Waals surface area contributed by atoms with Crippen molar-refractivity contribution in [2.75, 3.05) is 17.7 Å². The van der Waals surface area contributed by atoms with Crippen LogP contribution in [-0.2, 0) is 6.54 Å². The molecular weight excluding hydrogens is 392 g/mol. The fourth-order valence-corrected chi connectivity index (χ4v) is 4.44. The highest BCUT2D eigenvalue weighted by Gasteiger charge is 2.26. The van der Waals surface area contributed by atoms with E-state index in [2.05, 4.69) is 61.7 Å². The number of hydrogen-bond acceptors (Lipinski definition) is 3. The van der Waals surface area contributed by atoms with Crippen molar-refractivity contribution in [3.63, 3.8) is 0 Å². The Morgan fingerprint density at radius 2 is 1.77 bits per heavy atom. The van der Waals surface area contributed by atoms with Crippen LogP contribution in [0.1, 0.15) is 31.9 Å². The van der Waals surface area contributed by atoms with E-state index >= 15 is 0 Å². The average molecular weight is 419 g/mol. The number of methoxy groups -OCH3 is 1. The van der Waals surface area contributed by atoms with Crippen LogP contribution in [0.3, 0.4) is 0 Å². The van der Waals surface area contributed by atoms with Gasteiger partial charge in [0, 0.05) is 34.1 Å². The van der Waals surface area contributed by atoms with Crippen LogP contribution in [-0.4, -0.2) is 12.6 Å². The summed E-state index contributed by atoms with van der Waals surface area (Å²) in [5.41, 5.74) is 7.98. The molecule has 1 aliphatic heterocycles. The van der Waals surface area contributed by atoms with Crippen molar-refractivity contribution >= 4 is 28.5 Å². The number of nitrogens with one attached hydrogen (secondary N) is 2. The van der Waals surface area contributed by atoms with E-state index < -0.39 is 0 Å². The molecule has 0 aliphatic carbocycles. The Morgan fingerprint density at radius 1 is 1.00 bits per heavy atom. The number of anilines is 2. The zero-order chi connectivity index (χ0) is 21.3. The van der Waals surface area contributed by atoms with Crippen LogP contribution in [0.25, 0.3) is 16.7 Å². The smallest absolute Gasteiger partial charge is 0.126 e. The Kier molecular flexibility index (Phi) is 5.48. The van der Waals surface area contributed by atoms with E-state index in [0.717, 1.165) is 28.3 Å². The fraction of sp³-hybridized carbons (Fsp3) is 0.231. The lowest BCUT2D eigenvalue weighted by atomic mass is 9.85. The standard InChI is InChI=1S/C26H27ClN2O/c1-17-15-26(2,3)29-23-12-11-20(21-14-18(27)10-13-24(21)30-4)22(25(17)23)16-28-19-8-6-5-7-9-19/h5-15,28-29H,16H2,1-4H3. The summed E-state index contributed by atoms with van der Waals surface area (Å²) in [5, 5.41) is 7.94. The predicted octanol–water partition coefficient (Wildman–Crippen LogP) is 7.24. The van der Waals surface area contributed by atoms with E-state index in [1.165, 1.54) is 16.7 Å². The Balaban J connectivity index is 1.89. The lowest BCUT2D eigenvalue weighted by Crippen LogP contribution is -2.32. The number of ether oxygens (including phenoxy) is 1. The van der Waals surface area contributed by atoms with E-state index in [4.69, 9.17) is 16.3 Å². The molecule has 4 rings (SSSR count). The predicted molar refractivity (Wildman–Crippen MR) is 129 cm³/mol.